The first kappa shape index (κ1) is 21.1. The molecule has 4 rings (SSSR count). The van der Waals surface area contributed by atoms with E-state index in [-0.39, 0.29) is 17.9 Å². The van der Waals surface area contributed by atoms with Crippen molar-refractivity contribution in [2.24, 2.45) is 0 Å². The third-order valence-electron chi connectivity index (χ3n) is 6.00. The van der Waals surface area contributed by atoms with Gasteiger partial charge in [-0.05, 0) is 43.4 Å². The topological polar surface area (TPSA) is 58.6 Å². The maximum absolute atomic E-state index is 12.7. The maximum Gasteiger partial charge on any atom is 0.225 e. The Morgan fingerprint density at radius 3 is 2.73 bits per heavy atom. The van der Waals surface area contributed by atoms with Crippen LogP contribution in [0.2, 0.25) is 5.02 Å². The van der Waals surface area contributed by atoms with Crippen LogP contribution in [-0.2, 0) is 9.53 Å². The van der Waals surface area contributed by atoms with Gasteiger partial charge >= 0.3 is 0 Å². The Bertz CT molecular complexity index is 891. The van der Waals surface area contributed by atoms with Crippen molar-refractivity contribution in [2.45, 2.75) is 44.1 Å². The predicted molar refractivity (Wildman–Crippen MR) is 119 cm³/mol. The summed E-state index contributed by atoms with van der Waals surface area (Å²) < 4.78 is 5.63. The summed E-state index contributed by atoms with van der Waals surface area (Å²) in [6, 6.07) is 7.83. The number of ether oxygens (including phenoxy) is 1. The smallest absolute Gasteiger partial charge is 0.225 e. The van der Waals surface area contributed by atoms with Crippen LogP contribution in [0.5, 0.6) is 0 Å². The number of benzene rings is 1. The minimum atomic E-state index is 0.106. The lowest BCUT2D eigenvalue weighted by molar-refractivity contribution is -0.134. The highest BCUT2D eigenvalue weighted by Crippen LogP contribution is 2.35. The SMILES string of the molecule is CN(C)c1ncc(-c2cccc(Cl)c2)c(C2CCN(C(=O)C[C@@H]3CCCO3)CC2)n1. The zero-order valence-electron chi connectivity index (χ0n) is 17.7. The van der Waals surface area contributed by atoms with E-state index in [1.807, 2.05) is 54.4 Å². The fraction of sp³-hybridized carbons (Fsp3) is 0.522. The minimum absolute atomic E-state index is 0.106. The Morgan fingerprint density at radius 1 is 1.27 bits per heavy atom. The molecule has 2 aliphatic rings. The molecule has 1 atom stereocenters. The summed E-state index contributed by atoms with van der Waals surface area (Å²) >= 11 is 6.23. The van der Waals surface area contributed by atoms with Crippen LogP contribution in [0.1, 0.15) is 43.7 Å². The summed E-state index contributed by atoms with van der Waals surface area (Å²) in [6.45, 7) is 2.30. The number of hydrogen-bond acceptors (Lipinski definition) is 5. The van der Waals surface area contributed by atoms with E-state index in [0.29, 0.717) is 17.4 Å². The Hall–Kier alpha value is -2.18. The molecule has 0 spiro atoms. The number of likely N-dealkylation sites (tertiary alicyclic amines) is 1. The van der Waals surface area contributed by atoms with Crippen LogP contribution in [-0.4, -0.2) is 60.7 Å². The average Bonchev–Trinajstić information content (AvgIpc) is 3.26. The monoisotopic (exact) mass is 428 g/mol. The van der Waals surface area contributed by atoms with Gasteiger partial charge < -0.3 is 14.5 Å². The van der Waals surface area contributed by atoms with Crippen LogP contribution in [0.15, 0.2) is 30.5 Å². The molecule has 2 saturated heterocycles. The zero-order valence-corrected chi connectivity index (χ0v) is 18.4. The third-order valence-corrected chi connectivity index (χ3v) is 6.24. The first-order valence-corrected chi connectivity index (χ1v) is 11.1. The molecule has 2 aromatic rings. The third kappa shape index (κ3) is 4.76. The number of nitrogens with zero attached hydrogens (tertiary/aromatic N) is 4. The Kier molecular flexibility index (Phi) is 6.54. The highest BCUT2D eigenvalue weighted by atomic mass is 35.5. The molecule has 0 aliphatic carbocycles. The van der Waals surface area contributed by atoms with Crippen LogP contribution in [0.4, 0.5) is 5.95 Å². The van der Waals surface area contributed by atoms with Gasteiger partial charge in [0, 0.05) is 56.5 Å². The van der Waals surface area contributed by atoms with Gasteiger partial charge in [0.25, 0.3) is 0 Å². The molecule has 1 amide bonds. The molecule has 0 N–H and O–H groups in total. The number of piperidine rings is 1. The number of aromatic nitrogens is 2. The van der Waals surface area contributed by atoms with E-state index in [9.17, 15) is 4.79 Å². The molecule has 2 fully saturated rings. The molecule has 7 heteroatoms. The molecule has 6 nitrogen and oxygen atoms in total. The lowest BCUT2D eigenvalue weighted by Crippen LogP contribution is -2.39. The van der Waals surface area contributed by atoms with Gasteiger partial charge in [0.05, 0.1) is 18.2 Å². The van der Waals surface area contributed by atoms with E-state index in [0.717, 1.165) is 62.2 Å². The molecular formula is C23H29ClN4O2. The molecule has 3 heterocycles. The van der Waals surface area contributed by atoms with Gasteiger partial charge in [-0.2, -0.15) is 0 Å². The molecule has 30 heavy (non-hydrogen) atoms. The molecule has 2 aliphatic heterocycles. The number of carbonyl (C=O) groups is 1. The van der Waals surface area contributed by atoms with Crippen molar-refractivity contribution in [3.8, 4) is 11.1 Å². The van der Waals surface area contributed by atoms with Crippen LogP contribution >= 0.6 is 11.6 Å². The van der Waals surface area contributed by atoms with Crippen molar-refractivity contribution in [1.82, 2.24) is 14.9 Å². The molecular weight excluding hydrogens is 400 g/mol. The summed E-state index contributed by atoms with van der Waals surface area (Å²) in [6.07, 6.45) is 6.38. The highest BCUT2D eigenvalue weighted by Gasteiger charge is 2.29. The van der Waals surface area contributed by atoms with Gasteiger partial charge in [-0.3, -0.25) is 4.79 Å². The average molecular weight is 429 g/mol. The van der Waals surface area contributed by atoms with Crippen LogP contribution in [0, 0.1) is 0 Å². The minimum Gasteiger partial charge on any atom is -0.378 e. The number of anilines is 1. The molecule has 0 radical (unpaired) electrons. The van der Waals surface area contributed by atoms with Gasteiger partial charge in [-0.15, -0.1) is 0 Å². The summed E-state index contributed by atoms with van der Waals surface area (Å²) in [4.78, 5) is 26.0. The Labute approximate surface area is 183 Å². The number of halogens is 1. The van der Waals surface area contributed by atoms with E-state index in [2.05, 4.69) is 4.98 Å². The standard InChI is InChI=1S/C23H29ClN4O2/c1-27(2)23-25-15-20(17-5-3-6-18(24)13-17)22(26-23)16-8-10-28(11-9-16)21(29)14-19-7-4-12-30-19/h3,5-6,13,15-16,19H,4,7-12,14H2,1-2H3/t19-/m0/s1. The van der Waals surface area contributed by atoms with Crippen LogP contribution in [0.25, 0.3) is 11.1 Å². The first-order chi connectivity index (χ1) is 14.5. The highest BCUT2D eigenvalue weighted by molar-refractivity contribution is 6.30. The number of amides is 1. The van der Waals surface area contributed by atoms with E-state index >= 15 is 0 Å². The largest absolute Gasteiger partial charge is 0.378 e. The van der Waals surface area contributed by atoms with Crippen molar-refractivity contribution in [3.05, 3.63) is 41.2 Å². The normalized spacial score (nSPS) is 19.8. The van der Waals surface area contributed by atoms with Gasteiger partial charge in [-0.25, -0.2) is 9.97 Å². The fourth-order valence-electron chi connectivity index (χ4n) is 4.32. The van der Waals surface area contributed by atoms with Crippen molar-refractivity contribution < 1.29 is 9.53 Å². The first-order valence-electron chi connectivity index (χ1n) is 10.7. The van der Waals surface area contributed by atoms with Crippen LogP contribution in [0.3, 0.4) is 0 Å². The predicted octanol–water partition coefficient (Wildman–Crippen LogP) is 4.14. The van der Waals surface area contributed by atoms with Crippen molar-refractivity contribution in [1.29, 1.82) is 0 Å². The number of rotatable bonds is 5. The van der Waals surface area contributed by atoms with E-state index in [1.54, 1.807) is 0 Å². The molecule has 0 unspecified atom stereocenters. The van der Waals surface area contributed by atoms with E-state index in [4.69, 9.17) is 21.3 Å². The molecule has 160 valence electrons. The van der Waals surface area contributed by atoms with E-state index < -0.39 is 0 Å². The Morgan fingerprint density at radius 2 is 2.07 bits per heavy atom. The summed E-state index contributed by atoms with van der Waals surface area (Å²) in [5, 5.41) is 0.699. The second-order valence-electron chi connectivity index (χ2n) is 8.37. The fourth-order valence-corrected chi connectivity index (χ4v) is 4.51. The van der Waals surface area contributed by atoms with Crippen molar-refractivity contribution in [2.75, 3.05) is 38.7 Å². The molecule has 1 aromatic heterocycles. The van der Waals surface area contributed by atoms with Gasteiger partial charge in [0.15, 0.2) is 0 Å². The zero-order chi connectivity index (χ0) is 21.1. The van der Waals surface area contributed by atoms with Gasteiger partial charge in [0.1, 0.15) is 0 Å². The lowest BCUT2D eigenvalue weighted by atomic mass is 9.88. The van der Waals surface area contributed by atoms with Gasteiger partial charge in [-0.1, -0.05) is 23.7 Å². The number of carbonyl (C=O) groups excluding carboxylic acids is 1. The summed E-state index contributed by atoms with van der Waals surface area (Å²) in [7, 11) is 3.90. The van der Waals surface area contributed by atoms with Crippen molar-refractivity contribution >= 4 is 23.5 Å². The molecule has 0 saturated carbocycles. The number of hydrogen-bond donors (Lipinski definition) is 0. The second-order valence-corrected chi connectivity index (χ2v) is 8.80. The van der Waals surface area contributed by atoms with Crippen LogP contribution < -0.4 is 4.90 Å². The quantitative estimate of drug-likeness (QED) is 0.716. The Balaban J connectivity index is 1.51. The molecule has 0 bridgehead atoms. The maximum atomic E-state index is 12.7. The van der Waals surface area contributed by atoms with Gasteiger partial charge in [0.2, 0.25) is 11.9 Å². The summed E-state index contributed by atoms with van der Waals surface area (Å²) in [5.74, 6) is 1.20. The molecule has 1 aromatic carbocycles. The second kappa shape index (κ2) is 9.31. The van der Waals surface area contributed by atoms with Crippen molar-refractivity contribution in [3.63, 3.8) is 0 Å². The van der Waals surface area contributed by atoms with E-state index in [1.165, 1.54) is 0 Å². The summed E-state index contributed by atoms with van der Waals surface area (Å²) in [5.41, 5.74) is 3.09. The lowest BCUT2D eigenvalue weighted by Gasteiger charge is -2.33.